The lowest BCUT2D eigenvalue weighted by Crippen LogP contribution is -2.40. The van der Waals surface area contributed by atoms with Crippen molar-refractivity contribution in [3.63, 3.8) is 0 Å². The van der Waals surface area contributed by atoms with Gasteiger partial charge in [-0.2, -0.15) is 4.99 Å². The van der Waals surface area contributed by atoms with E-state index >= 15 is 0 Å². The predicted molar refractivity (Wildman–Crippen MR) is 163 cm³/mol. The molecule has 3 aromatic carbocycles. The molecule has 0 aliphatic heterocycles. The molecule has 5 aromatic rings. The molecule has 5 rings (SSSR count). The molecule has 1 N–H and O–H groups in total. The summed E-state index contributed by atoms with van der Waals surface area (Å²) in [6, 6.07) is 20.5. The number of benzene rings is 3. The second kappa shape index (κ2) is 12.1. The number of ether oxygens (including phenoxy) is 1. The molecule has 8 nitrogen and oxygen atoms in total. The van der Waals surface area contributed by atoms with Crippen LogP contribution in [0.5, 0.6) is 5.75 Å². The normalized spacial score (nSPS) is 12.5. The number of carbonyl (C=O) groups excluding carboxylic acids is 1. The number of rotatable bonds is 7. The third-order valence-electron chi connectivity index (χ3n) is 6.99. The first kappa shape index (κ1) is 30.7. The van der Waals surface area contributed by atoms with Gasteiger partial charge in [0.1, 0.15) is 12.1 Å². The highest BCUT2D eigenvalue weighted by molar-refractivity contribution is 7.07. The lowest BCUT2D eigenvalue weighted by atomic mass is 9.93. The van der Waals surface area contributed by atoms with Crippen molar-refractivity contribution >= 4 is 17.4 Å². The Morgan fingerprint density at radius 3 is 2.34 bits per heavy atom. The van der Waals surface area contributed by atoms with Crippen LogP contribution in [-0.4, -0.2) is 31.7 Å². The highest BCUT2D eigenvalue weighted by atomic mass is 32.1. The molecule has 0 radical (unpaired) electrons. The van der Waals surface area contributed by atoms with Crippen molar-refractivity contribution in [2.45, 2.75) is 52.4 Å². The van der Waals surface area contributed by atoms with Crippen LogP contribution in [0.15, 0.2) is 89.5 Å². The van der Waals surface area contributed by atoms with Gasteiger partial charge in [-0.15, -0.1) is 29.6 Å². The van der Waals surface area contributed by atoms with E-state index in [1.165, 1.54) is 52.2 Å². The summed E-state index contributed by atoms with van der Waals surface area (Å²) >= 11 is 1.41. The summed E-state index contributed by atoms with van der Waals surface area (Å²) in [5, 5.41) is 9.46. The van der Waals surface area contributed by atoms with Crippen LogP contribution in [0, 0.1) is 6.92 Å². The average molecular weight is 621 g/mol. The van der Waals surface area contributed by atoms with Gasteiger partial charge in [0.2, 0.25) is 0 Å². The first-order valence-electron chi connectivity index (χ1n) is 13.8. The Bertz CT molecular complexity index is 1840. The Balaban J connectivity index is 1.31. The summed E-state index contributed by atoms with van der Waals surface area (Å²) in [6.45, 7) is 10.1. The lowest BCUT2D eigenvalue weighted by Gasteiger charge is -2.25. The number of aryl methyl sites for hydroxylation is 1. The second-order valence-corrected chi connectivity index (χ2v) is 11.8. The summed E-state index contributed by atoms with van der Waals surface area (Å²) in [7, 11) is 0. The van der Waals surface area contributed by atoms with Gasteiger partial charge in [-0.25, -0.2) is 14.5 Å². The first-order chi connectivity index (χ1) is 20.8. The minimum Gasteiger partial charge on any atom is -0.406 e. The van der Waals surface area contributed by atoms with Gasteiger partial charge in [0.25, 0.3) is 0 Å². The van der Waals surface area contributed by atoms with Crippen LogP contribution < -0.4 is 14.9 Å². The van der Waals surface area contributed by atoms with E-state index in [4.69, 9.17) is 0 Å². The van der Waals surface area contributed by atoms with Crippen molar-refractivity contribution in [1.29, 1.82) is 0 Å². The monoisotopic (exact) mass is 620 g/mol. The van der Waals surface area contributed by atoms with E-state index in [9.17, 15) is 18.0 Å². The summed E-state index contributed by atoms with van der Waals surface area (Å²) < 4.78 is 44.7. The molecule has 0 saturated carbocycles. The summed E-state index contributed by atoms with van der Waals surface area (Å²) in [4.78, 5) is 22.5. The molecular weight excluding hydrogens is 589 g/mol. The number of alkyl halides is 3. The highest BCUT2D eigenvalue weighted by Gasteiger charge is 2.31. The molecule has 44 heavy (non-hydrogen) atoms. The Kier molecular flexibility index (Phi) is 8.46. The highest BCUT2D eigenvalue weighted by Crippen LogP contribution is 2.27. The fourth-order valence-electron chi connectivity index (χ4n) is 4.75. The van der Waals surface area contributed by atoms with Crippen molar-refractivity contribution < 1.29 is 22.7 Å². The van der Waals surface area contributed by atoms with Crippen LogP contribution in [0.2, 0.25) is 0 Å². The topological polar surface area (TPSA) is 86.3 Å². The number of hydrogen-bond donors (Lipinski definition) is 1. The van der Waals surface area contributed by atoms with Gasteiger partial charge in [-0.1, -0.05) is 56.3 Å². The number of carbonyl (C=O) groups is 1. The van der Waals surface area contributed by atoms with Gasteiger partial charge in [0.05, 0.1) is 16.9 Å². The molecule has 0 atom stereocenters. The number of hydrogen-bond acceptors (Lipinski definition) is 5. The van der Waals surface area contributed by atoms with Crippen LogP contribution in [-0.2, 0) is 5.54 Å². The van der Waals surface area contributed by atoms with Crippen LogP contribution >= 0.6 is 11.3 Å². The average Bonchev–Trinajstić information content (AvgIpc) is 3.59. The lowest BCUT2D eigenvalue weighted by molar-refractivity contribution is -0.274. The molecule has 12 heteroatoms. The fraction of sp³-hybridized carbons (Fsp3) is 0.250. The molecule has 0 spiro atoms. The van der Waals surface area contributed by atoms with E-state index in [1.807, 2.05) is 73.2 Å². The number of para-hydroxylation sites is 1. The second-order valence-electron chi connectivity index (χ2n) is 11.0. The van der Waals surface area contributed by atoms with E-state index in [-0.39, 0.29) is 5.75 Å². The van der Waals surface area contributed by atoms with Gasteiger partial charge < -0.3 is 10.1 Å². The van der Waals surface area contributed by atoms with Crippen LogP contribution in [0.3, 0.4) is 0 Å². The molecule has 0 bridgehead atoms. The van der Waals surface area contributed by atoms with Crippen molar-refractivity contribution in [3.8, 4) is 28.5 Å². The molecule has 0 aliphatic carbocycles. The van der Waals surface area contributed by atoms with E-state index in [0.29, 0.717) is 22.2 Å². The molecule has 0 fully saturated rings. The fourth-order valence-corrected chi connectivity index (χ4v) is 5.62. The third kappa shape index (κ3) is 6.91. The van der Waals surface area contributed by atoms with Crippen LogP contribution in [0.4, 0.5) is 18.0 Å². The molecule has 0 unspecified atom stereocenters. The largest absolute Gasteiger partial charge is 0.573 e. The predicted octanol–water partition coefficient (Wildman–Crippen LogP) is 7.66. The maximum atomic E-state index is 13.2. The molecule has 2 heterocycles. The minimum atomic E-state index is -4.76. The third-order valence-corrected chi connectivity index (χ3v) is 7.93. The first-order valence-corrected chi connectivity index (χ1v) is 14.7. The SMILES string of the molecule is Cc1csc(=NC(=O)NC(C)(C)c2ccc(-c3ncn(-c4ccc(OC(F)(F)F)cc4)n3)cc2)n1-c1ccccc1C(C)C. The van der Waals surface area contributed by atoms with Gasteiger partial charge in [-0.05, 0) is 68.1 Å². The quantitative estimate of drug-likeness (QED) is 0.202. The van der Waals surface area contributed by atoms with E-state index in [2.05, 4.69) is 45.0 Å². The standard InChI is InChI=1S/C32H31F3N6O2S/c1-20(2)26-8-6-7-9-27(26)41-21(3)18-44-30(41)37-29(42)38-31(4,5)23-12-10-22(11-13-23)28-36-19-40(39-28)24-14-16-25(17-15-24)43-32(33,34)35/h6-20H,1-5H3,(H,38,42). The number of nitrogens with one attached hydrogen (secondary N) is 1. The maximum absolute atomic E-state index is 13.2. The molecule has 228 valence electrons. The zero-order valence-corrected chi connectivity index (χ0v) is 25.6. The summed E-state index contributed by atoms with van der Waals surface area (Å²) in [5.41, 5.74) is 4.54. The molecule has 2 amide bonds. The smallest absolute Gasteiger partial charge is 0.406 e. The zero-order chi connectivity index (χ0) is 31.6. The number of urea groups is 1. The van der Waals surface area contributed by atoms with Gasteiger partial charge in [0, 0.05) is 16.6 Å². The Morgan fingerprint density at radius 2 is 1.68 bits per heavy atom. The number of nitrogens with zero attached hydrogens (tertiary/aromatic N) is 5. The molecule has 0 aliphatic rings. The van der Waals surface area contributed by atoms with Crippen molar-refractivity contribution in [1.82, 2.24) is 24.6 Å². The Hall–Kier alpha value is -4.71. The number of halogens is 3. The summed E-state index contributed by atoms with van der Waals surface area (Å²) in [6.07, 6.45) is -3.28. The van der Waals surface area contributed by atoms with Gasteiger partial charge in [-0.3, -0.25) is 4.57 Å². The number of thiazole rings is 1. The molecular formula is C32H31F3N6O2S. The number of aromatic nitrogens is 4. The van der Waals surface area contributed by atoms with Crippen molar-refractivity contribution in [2.24, 2.45) is 4.99 Å². The van der Waals surface area contributed by atoms with Gasteiger partial charge >= 0.3 is 12.4 Å². The van der Waals surface area contributed by atoms with E-state index < -0.39 is 17.9 Å². The number of amides is 2. The Labute approximate surface area is 256 Å². The van der Waals surface area contributed by atoms with Crippen molar-refractivity contribution in [3.05, 3.63) is 106 Å². The minimum absolute atomic E-state index is 0.304. The van der Waals surface area contributed by atoms with Crippen LogP contribution in [0.25, 0.3) is 22.8 Å². The summed E-state index contributed by atoms with van der Waals surface area (Å²) in [5.74, 6) is 0.419. The molecule has 2 aromatic heterocycles. The van der Waals surface area contributed by atoms with Crippen molar-refractivity contribution in [2.75, 3.05) is 0 Å². The van der Waals surface area contributed by atoms with Crippen LogP contribution in [0.1, 0.15) is 50.4 Å². The zero-order valence-electron chi connectivity index (χ0n) is 24.8. The molecule has 0 saturated heterocycles. The van der Waals surface area contributed by atoms with E-state index in [0.717, 1.165) is 22.5 Å². The maximum Gasteiger partial charge on any atom is 0.573 e. The Morgan fingerprint density at radius 1 is 1.00 bits per heavy atom. The van der Waals surface area contributed by atoms with E-state index in [1.54, 1.807) is 0 Å². The van der Waals surface area contributed by atoms with Gasteiger partial charge in [0.15, 0.2) is 10.6 Å².